The average Bonchev–Trinajstić information content (AvgIpc) is 3.16. The van der Waals surface area contributed by atoms with Crippen LogP contribution in [0.5, 0.6) is 0 Å². The van der Waals surface area contributed by atoms with Gasteiger partial charge in [0.25, 0.3) is 0 Å². The number of rotatable bonds is 4. The molecule has 1 aromatic carbocycles. The van der Waals surface area contributed by atoms with Gasteiger partial charge in [0.1, 0.15) is 5.82 Å². The van der Waals surface area contributed by atoms with Crippen molar-refractivity contribution in [2.24, 2.45) is 11.7 Å². The highest BCUT2D eigenvalue weighted by molar-refractivity contribution is 5.79. The van der Waals surface area contributed by atoms with Crippen LogP contribution in [0, 0.1) is 25.6 Å². The minimum absolute atomic E-state index is 0.121. The highest BCUT2D eigenvalue weighted by atomic mass is 19.1. The number of halogens is 1. The van der Waals surface area contributed by atoms with Crippen LogP contribution in [0.4, 0.5) is 4.39 Å². The predicted molar refractivity (Wildman–Crippen MR) is 90.4 cm³/mol. The van der Waals surface area contributed by atoms with E-state index in [1.54, 1.807) is 16.8 Å². The van der Waals surface area contributed by atoms with Gasteiger partial charge in [-0.05, 0) is 57.0 Å². The third-order valence-corrected chi connectivity index (χ3v) is 4.81. The first kappa shape index (κ1) is 16.6. The van der Waals surface area contributed by atoms with Crippen molar-refractivity contribution < 1.29 is 9.18 Å². The summed E-state index contributed by atoms with van der Waals surface area (Å²) in [5, 5.41) is 4.52. The summed E-state index contributed by atoms with van der Waals surface area (Å²) in [5.41, 5.74) is 9.19. The first-order valence-electron chi connectivity index (χ1n) is 8.28. The van der Waals surface area contributed by atoms with E-state index in [4.69, 9.17) is 5.73 Å². The van der Waals surface area contributed by atoms with E-state index >= 15 is 0 Å². The molecule has 1 atom stereocenters. The monoisotopic (exact) mass is 330 g/mol. The Morgan fingerprint density at radius 1 is 1.33 bits per heavy atom. The Kier molecular flexibility index (Phi) is 4.66. The summed E-state index contributed by atoms with van der Waals surface area (Å²) in [6, 6.07) is 6.20. The van der Waals surface area contributed by atoms with E-state index in [0.717, 1.165) is 42.1 Å². The third-order valence-electron chi connectivity index (χ3n) is 4.81. The maximum Gasteiger partial charge on any atom is 0.227 e. The Morgan fingerprint density at radius 2 is 2.04 bits per heavy atom. The quantitative estimate of drug-likeness (QED) is 0.932. The lowest BCUT2D eigenvalue weighted by Gasteiger charge is -2.16. The van der Waals surface area contributed by atoms with Crippen LogP contribution in [0.1, 0.15) is 23.4 Å². The van der Waals surface area contributed by atoms with Crippen molar-refractivity contribution in [3.8, 4) is 5.69 Å². The summed E-state index contributed by atoms with van der Waals surface area (Å²) in [4.78, 5) is 14.5. The first-order valence-corrected chi connectivity index (χ1v) is 8.28. The van der Waals surface area contributed by atoms with Gasteiger partial charge in [0, 0.05) is 24.3 Å². The fourth-order valence-electron chi connectivity index (χ4n) is 3.28. The second kappa shape index (κ2) is 6.73. The van der Waals surface area contributed by atoms with Crippen LogP contribution in [0.25, 0.3) is 5.69 Å². The van der Waals surface area contributed by atoms with E-state index in [2.05, 4.69) is 5.10 Å². The maximum atomic E-state index is 13.1. The molecular formula is C18H23FN4O. The van der Waals surface area contributed by atoms with Crippen LogP contribution in [0.3, 0.4) is 0 Å². The highest BCUT2D eigenvalue weighted by Gasteiger charge is 2.26. The van der Waals surface area contributed by atoms with Gasteiger partial charge in [0.15, 0.2) is 0 Å². The summed E-state index contributed by atoms with van der Waals surface area (Å²) in [7, 11) is 0. The van der Waals surface area contributed by atoms with Crippen LogP contribution in [-0.2, 0) is 11.2 Å². The number of carbonyl (C=O) groups is 1. The van der Waals surface area contributed by atoms with Crippen LogP contribution >= 0.6 is 0 Å². The van der Waals surface area contributed by atoms with Crippen LogP contribution in [-0.4, -0.2) is 40.2 Å². The van der Waals surface area contributed by atoms with Crippen LogP contribution in [0.15, 0.2) is 24.3 Å². The molecule has 3 rings (SSSR count). The van der Waals surface area contributed by atoms with Crippen molar-refractivity contribution in [2.75, 3.05) is 19.6 Å². The number of amides is 1. The molecule has 2 aromatic rings. The highest BCUT2D eigenvalue weighted by Crippen LogP contribution is 2.21. The largest absolute Gasteiger partial charge is 0.342 e. The average molecular weight is 330 g/mol. The van der Waals surface area contributed by atoms with Crippen molar-refractivity contribution in [3.63, 3.8) is 0 Å². The summed E-state index contributed by atoms with van der Waals surface area (Å²) in [6.45, 7) is 6.01. The molecule has 0 saturated carbocycles. The molecule has 2 heterocycles. The molecule has 1 saturated heterocycles. The second-order valence-electron chi connectivity index (χ2n) is 6.44. The number of hydrogen-bond donors (Lipinski definition) is 1. The Bertz CT molecular complexity index is 738. The lowest BCUT2D eigenvalue weighted by Crippen LogP contribution is -2.31. The van der Waals surface area contributed by atoms with E-state index in [-0.39, 0.29) is 11.7 Å². The summed E-state index contributed by atoms with van der Waals surface area (Å²) in [5.74, 6) is 0.257. The first-order chi connectivity index (χ1) is 11.5. The van der Waals surface area contributed by atoms with E-state index < -0.39 is 0 Å². The van der Waals surface area contributed by atoms with Crippen molar-refractivity contribution in [1.29, 1.82) is 0 Å². The van der Waals surface area contributed by atoms with Gasteiger partial charge >= 0.3 is 0 Å². The Balaban J connectivity index is 1.79. The maximum absolute atomic E-state index is 13.1. The summed E-state index contributed by atoms with van der Waals surface area (Å²) >= 11 is 0. The van der Waals surface area contributed by atoms with Gasteiger partial charge in [0.05, 0.1) is 17.8 Å². The standard InChI is InChI=1S/C18H23FN4O/c1-12-17(9-18(24)22-8-7-14(10-20)11-22)13(2)23(21-12)16-5-3-15(19)4-6-16/h3-6,14H,7-11,20H2,1-2H3. The molecule has 1 fully saturated rings. The van der Waals surface area contributed by atoms with E-state index in [9.17, 15) is 9.18 Å². The molecule has 0 radical (unpaired) electrons. The number of nitrogens with zero attached hydrogens (tertiary/aromatic N) is 3. The van der Waals surface area contributed by atoms with Gasteiger partial charge in [-0.15, -0.1) is 0 Å². The molecule has 1 amide bonds. The molecule has 1 aliphatic rings. The Labute approximate surface area is 141 Å². The van der Waals surface area contributed by atoms with Crippen molar-refractivity contribution >= 4 is 5.91 Å². The lowest BCUT2D eigenvalue weighted by atomic mass is 10.1. The zero-order valence-electron chi connectivity index (χ0n) is 14.1. The second-order valence-corrected chi connectivity index (χ2v) is 6.44. The number of hydrogen-bond acceptors (Lipinski definition) is 3. The third kappa shape index (κ3) is 3.19. The minimum atomic E-state index is -0.279. The zero-order valence-corrected chi connectivity index (χ0v) is 14.1. The topological polar surface area (TPSA) is 64.2 Å². The van der Waals surface area contributed by atoms with Crippen molar-refractivity contribution in [2.45, 2.75) is 26.7 Å². The van der Waals surface area contributed by atoms with Gasteiger partial charge < -0.3 is 10.6 Å². The van der Waals surface area contributed by atoms with Crippen molar-refractivity contribution in [1.82, 2.24) is 14.7 Å². The normalized spacial score (nSPS) is 17.5. The van der Waals surface area contributed by atoms with E-state index in [1.807, 2.05) is 18.7 Å². The molecule has 0 aliphatic carbocycles. The predicted octanol–water partition coefficient (Wildman–Crippen LogP) is 1.98. The summed E-state index contributed by atoms with van der Waals surface area (Å²) < 4.78 is 14.9. The number of nitrogens with two attached hydrogens (primary N) is 1. The van der Waals surface area contributed by atoms with Gasteiger partial charge in [-0.3, -0.25) is 4.79 Å². The number of carbonyl (C=O) groups excluding carboxylic acids is 1. The molecule has 0 spiro atoms. The molecule has 5 nitrogen and oxygen atoms in total. The number of likely N-dealkylation sites (tertiary alicyclic amines) is 1. The Hall–Kier alpha value is -2.21. The van der Waals surface area contributed by atoms with Crippen molar-refractivity contribution in [3.05, 3.63) is 47.0 Å². The summed E-state index contributed by atoms with van der Waals surface area (Å²) in [6.07, 6.45) is 1.32. The molecular weight excluding hydrogens is 307 g/mol. The molecule has 24 heavy (non-hydrogen) atoms. The number of benzene rings is 1. The lowest BCUT2D eigenvalue weighted by molar-refractivity contribution is -0.129. The minimum Gasteiger partial charge on any atom is -0.342 e. The number of aromatic nitrogens is 2. The van der Waals surface area contributed by atoms with Crippen LogP contribution in [0.2, 0.25) is 0 Å². The molecule has 128 valence electrons. The molecule has 2 N–H and O–H groups in total. The zero-order chi connectivity index (χ0) is 17.3. The smallest absolute Gasteiger partial charge is 0.227 e. The molecule has 1 aliphatic heterocycles. The van der Waals surface area contributed by atoms with Gasteiger partial charge in [0.2, 0.25) is 5.91 Å². The molecule has 1 aromatic heterocycles. The SMILES string of the molecule is Cc1nn(-c2ccc(F)cc2)c(C)c1CC(=O)N1CCC(CN)C1. The van der Waals surface area contributed by atoms with E-state index in [1.165, 1.54) is 12.1 Å². The molecule has 6 heteroatoms. The fraction of sp³-hybridized carbons (Fsp3) is 0.444. The number of aryl methyl sites for hydroxylation is 1. The molecule has 1 unspecified atom stereocenters. The van der Waals surface area contributed by atoms with Crippen LogP contribution < -0.4 is 5.73 Å². The van der Waals surface area contributed by atoms with Gasteiger partial charge in [-0.2, -0.15) is 5.10 Å². The van der Waals surface area contributed by atoms with Gasteiger partial charge in [-0.1, -0.05) is 0 Å². The van der Waals surface area contributed by atoms with E-state index in [0.29, 0.717) is 18.9 Å². The van der Waals surface area contributed by atoms with Gasteiger partial charge in [-0.25, -0.2) is 9.07 Å². The Morgan fingerprint density at radius 3 is 2.67 bits per heavy atom. The fourth-order valence-corrected chi connectivity index (χ4v) is 3.28. The molecule has 0 bridgehead atoms.